The Labute approximate surface area is 122 Å². The molecule has 0 saturated heterocycles. The smallest absolute Gasteiger partial charge is 0.337 e. The van der Waals surface area contributed by atoms with Crippen molar-refractivity contribution < 1.29 is 24.6 Å². The number of carbonyl (C=O) groups is 3. The van der Waals surface area contributed by atoms with Gasteiger partial charge in [0.05, 0.1) is 13.1 Å². The van der Waals surface area contributed by atoms with E-state index in [1.54, 1.807) is 30.3 Å². The van der Waals surface area contributed by atoms with Gasteiger partial charge in [-0.05, 0) is 19.1 Å². The quantitative estimate of drug-likeness (QED) is 0.668. The Morgan fingerprint density at radius 3 is 2.33 bits per heavy atom. The molecule has 1 unspecified atom stereocenters. The van der Waals surface area contributed by atoms with Crippen LogP contribution in [0.2, 0.25) is 0 Å². The standard InChI is InChI=1S/C14H18N2O5/c1-14(21,13(19)20)9-15-11(17)8-16(2)12(18)10-6-4-3-5-7-10/h3-7,21H,8-9H2,1-2H3,(H,15,17)(H,19,20). The summed E-state index contributed by atoms with van der Waals surface area (Å²) in [6.45, 7) is 0.409. The fraction of sp³-hybridized carbons (Fsp3) is 0.357. The molecular weight excluding hydrogens is 276 g/mol. The van der Waals surface area contributed by atoms with Crippen molar-refractivity contribution in [3.8, 4) is 0 Å². The van der Waals surface area contributed by atoms with E-state index in [4.69, 9.17) is 5.11 Å². The first-order chi connectivity index (χ1) is 9.74. The molecule has 0 aliphatic heterocycles. The lowest BCUT2D eigenvalue weighted by atomic mass is 10.1. The van der Waals surface area contributed by atoms with Crippen molar-refractivity contribution in [3.05, 3.63) is 35.9 Å². The third kappa shape index (κ3) is 4.88. The summed E-state index contributed by atoms with van der Waals surface area (Å²) < 4.78 is 0. The molecule has 114 valence electrons. The van der Waals surface area contributed by atoms with Gasteiger partial charge in [0.1, 0.15) is 0 Å². The number of nitrogens with zero attached hydrogens (tertiary/aromatic N) is 1. The predicted molar refractivity (Wildman–Crippen MR) is 74.7 cm³/mol. The van der Waals surface area contributed by atoms with Gasteiger partial charge >= 0.3 is 5.97 Å². The van der Waals surface area contributed by atoms with Gasteiger partial charge in [0.15, 0.2) is 5.60 Å². The number of nitrogens with one attached hydrogen (secondary N) is 1. The molecule has 7 heteroatoms. The minimum atomic E-state index is -2.04. The molecule has 0 bridgehead atoms. The number of rotatable bonds is 6. The van der Waals surface area contributed by atoms with E-state index in [0.717, 1.165) is 6.92 Å². The molecule has 3 N–H and O–H groups in total. The minimum Gasteiger partial charge on any atom is -0.479 e. The Kier molecular flexibility index (Phi) is 5.43. The van der Waals surface area contributed by atoms with Crippen molar-refractivity contribution in [2.24, 2.45) is 0 Å². The van der Waals surface area contributed by atoms with Gasteiger partial charge in [-0.1, -0.05) is 18.2 Å². The maximum Gasteiger partial charge on any atom is 0.337 e. The Morgan fingerprint density at radius 2 is 1.81 bits per heavy atom. The van der Waals surface area contributed by atoms with Crippen LogP contribution in [0.25, 0.3) is 0 Å². The number of carboxylic acids is 1. The zero-order valence-electron chi connectivity index (χ0n) is 11.9. The van der Waals surface area contributed by atoms with Gasteiger partial charge in [0.25, 0.3) is 5.91 Å². The van der Waals surface area contributed by atoms with Crippen LogP contribution in [0.1, 0.15) is 17.3 Å². The van der Waals surface area contributed by atoms with Crippen LogP contribution in [-0.2, 0) is 9.59 Å². The van der Waals surface area contributed by atoms with Crippen molar-refractivity contribution >= 4 is 17.8 Å². The highest BCUT2D eigenvalue weighted by Gasteiger charge is 2.30. The van der Waals surface area contributed by atoms with E-state index in [9.17, 15) is 19.5 Å². The third-order valence-electron chi connectivity index (χ3n) is 2.84. The molecule has 0 aliphatic carbocycles. The molecule has 0 spiro atoms. The van der Waals surface area contributed by atoms with E-state index < -0.39 is 24.0 Å². The van der Waals surface area contributed by atoms with Crippen LogP contribution in [0.5, 0.6) is 0 Å². The molecule has 0 heterocycles. The molecule has 0 aliphatic rings. The van der Waals surface area contributed by atoms with Crippen LogP contribution in [-0.4, -0.2) is 58.6 Å². The average Bonchev–Trinajstić information content (AvgIpc) is 2.45. The van der Waals surface area contributed by atoms with Gasteiger partial charge in [0.2, 0.25) is 5.91 Å². The number of likely N-dealkylation sites (N-methyl/N-ethyl adjacent to an activating group) is 1. The van der Waals surface area contributed by atoms with Crippen molar-refractivity contribution in [2.45, 2.75) is 12.5 Å². The number of hydrogen-bond acceptors (Lipinski definition) is 4. The highest BCUT2D eigenvalue weighted by atomic mass is 16.4. The zero-order valence-corrected chi connectivity index (χ0v) is 11.9. The van der Waals surface area contributed by atoms with Gasteiger partial charge in [-0.25, -0.2) is 4.79 Å². The summed E-state index contributed by atoms with van der Waals surface area (Å²) in [7, 11) is 1.46. The monoisotopic (exact) mass is 294 g/mol. The summed E-state index contributed by atoms with van der Waals surface area (Å²) in [6, 6.07) is 8.46. The molecule has 0 aromatic heterocycles. The van der Waals surface area contributed by atoms with E-state index in [1.165, 1.54) is 11.9 Å². The number of aliphatic hydroxyl groups is 1. The lowest BCUT2D eigenvalue weighted by molar-refractivity contribution is -0.156. The van der Waals surface area contributed by atoms with Crippen molar-refractivity contribution in [1.82, 2.24) is 10.2 Å². The lowest BCUT2D eigenvalue weighted by Gasteiger charge is -2.20. The van der Waals surface area contributed by atoms with E-state index in [-0.39, 0.29) is 12.5 Å². The number of carbonyl (C=O) groups excluding carboxylic acids is 2. The van der Waals surface area contributed by atoms with Crippen molar-refractivity contribution in [1.29, 1.82) is 0 Å². The zero-order chi connectivity index (χ0) is 16.0. The lowest BCUT2D eigenvalue weighted by Crippen LogP contribution is -2.48. The van der Waals surface area contributed by atoms with E-state index in [0.29, 0.717) is 5.56 Å². The second-order valence-electron chi connectivity index (χ2n) is 4.88. The molecule has 2 amide bonds. The molecule has 1 aromatic carbocycles. The largest absolute Gasteiger partial charge is 0.479 e. The van der Waals surface area contributed by atoms with E-state index in [2.05, 4.69) is 5.32 Å². The van der Waals surface area contributed by atoms with Crippen LogP contribution in [0, 0.1) is 0 Å². The molecule has 7 nitrogen and oxygen atoms in total. The number of aliphatic carboxylic acids is 1. The SMILES string of the molecule is CN(CC(=O)NCC(C)(O)C(=O)O)C(=O)c1ccccc1. The summed E-state index contributed by atoms with van der Waals surface area (Å²) in [6.07, 6.45) is 0. The van der Waals surface area contributed by atoms with Gasteiger partial charge in [-0.2, -0.15) is 0 Å². The number of amides is 2. The Balaban J connectivity index is 2.52. The summed E-state index contributed by atoms with van der Waals surface area (Å²) in [5, 5.41) is 20.5. The van der Waals surface area contributed by atoms with Crippen LogP contribution >= 0.6 is 0 Å². The summed E-state index contributed by atoms with van der Waals surface area (Å²) in [5.74, 6) is -2.31. The first-order valence-electron chi connectivity index (χ1n) is 6.27. The van der Waals surface area contributed by atoms with Gasteiger partial charge < -0.3 is 20.4 Å². The maximum absolute atomic E-state index is 12.0. The number of hydrogen-bond donors (Lipinski definition) is 3. The molecule has 1 atom stereocenters. The molecule has 0 fully saturated rings. The molecule has 21 heavy (non-hydrogen) atoms. The maximum atomic E-state index is 12.0. The first kappa shape index (κ1) is 16.6. The van der Waals surface area contributed by atoms with Gasteiger partial charge in [-0.15, -0.1) is 0 Å². The normalized spacial score (nSPS) is 13.1. The van der Waals surface area contributed by atoms with Crippen molar-refractivity contribution in [3.63, 3.8) is 0 Å². The molecule has 1 aromatic rings. The number of benzene rings is 1. The van der Waals surface area contributed by atoms with Crippen LogP contribution in [0.4, 0.5) is 0 Å². The first-order valence-corrected chi connectivity index (χ1v) is 6.27. The fourth-order valence-electron chi connectivity index (χ4n) is 1.49. The van der Waals surface area contributed by atoms with Gasteiger partial charge in [0, 0.05) is 12.6 Å². The molecular formula is C14H18N2O5. The fourth-order valence-corrected chi connectivity index (χ4v) is 1.49. The third-order valence-corrected chi connectivity index (χ3v) is 2.84. The molecule has 1 rings (SSSR count). The summed E-state index contributed by atoms with van der Waals surface area (Å²) >= 11 is 0. The minimum absolute atomic E-state index is 0.233. The van der Waals surface area contributed by atoms with Gasteiger partial charge in [-0.3, -0.25) is 9.59 Å². The topological polar surface area (TPSA) is 107 Å². The second kappa shape index (κ2) is 6.85. The molecule has 0 saturated carbocycles. The highest BCUT2D eigenvalue weighted by Crippen LogP contribution is 2.03. The van der Waals surface area contributed by atoms with Crippen LogP contribution in [0.3, 0.4) is 0 Å². The van der Waals surface area contributed by atoms with Crippen molar-refractivity contribution in [2.75, 3.05) is 20.1 Å². The summed E-state index contributed by atoms with van der Waals surface area (Å²) in [4.78, 5) is 35.5. The Morgan fingerprint density at radius 1 is 1.24 bits per heavy atom. The van der Waals surface area contributed by atoms with E-state index in [1.807, 2.05) is 0 Å². The highest BCUT2D eigenvalue weighted by molar-refractivity contribution is 5.96. The van der Waals surface area contributed by atoms with Crippen LogP contribution < -0.4 is 5.32 Å². The van der Waals surface area contributed by atoms with E-state index >= 15 is 0 Å². The predicted octanol–water partition coefficient (Wildman–Crippen LogP) is -0.290. The summed E-state index contributed by atoms with van der Waals surface area (Å²) in [5.41, 5.74) is -1.59. The Hall–Kier alpha value is -2.41. The average molecular weight is 294 g/mol. The second-order valence-corrected chi connectivity index (χ2v) is 4.88. The number of carboxylic acid groups (broad SMARTS) is 1. The van der Waals surface area contributed by atoms with Crippen LogP contribution in [0.15, 0.2) is 30.3 Å². The molecule has 0 radical (unpaired) electrons. The Bertz CT molecular complexity index is 527.